The van der Waals surface area contributed by atoms with Gasteiger partial charge in [0.15, 0.2) is 11.4 Å². The Balaban J connectivity index is 1.56. The van der Waals surface area contributed by atoms with Gasteiger partial charge in [-0.15, -0.1) is 0 Å². The van der Waals surface area contributed by atoms with Crippen molar-refractivity contribution in [1.82, 2.24) is 4.90 Å². The molecule has 0 spiro atoms. The van der Waals surface area contributed by atoms with Crippen LogP contribution in [0.1, 0.15) is 23.1 Å². The lowest BCUT2D eigenvalue weighted by atomic mass is 9.57. The van der Waals surface area contributed by atoms with E-state index in [1.165, 1.54) is 19.0 Å². The molecule has 13 nitrogen and oxygen atoms in total. The van der Waals surface area contributed by atoms with E-state index in [1.807, 2.05) is 30.3 Å². The van der Waals surface area contributed by atoms with Gasteiger partial charge in [-0.25, -0.2) is 0 Å². The van der Waals surface area contributed by atoms with Crippen LogP contribution in [0.25, 0.3) is 5.76 Å². The topological polar surface area (TPSA) is 203 Å². The molecule has 3 aliphatic carbocycles. The number of nitrogens with zero attached hydrogens (tertiary/aromatic N) is 2. The van der Waals surface area contributed by atoms with Gasteiger partial charge in [0.05, 0.1) is 23.9 Å². The Morgan fingerprint density at radius 2 is 1.76 bits per heavy atom. The number of aliphatic hydroxyl groups is 3. The lowest BCUT2D eigenvalue weighted by molar-refractivity contribution is -0.153. The molecule has 2 unspecified atom stereocenters. The van der Waals surface area contributed by atoms with Crippen molar-refractivity contribution >= 4 is 40.5 Å². The highest BCUT2D eigenvalue weighted by atomic mass is 16.5. The number of aliphatic hydroxyl groups excluding tert-OH is 2. The molecule has 2 aromatic rings. The molecular formula is C32H36N4O9. The van der Waals surface area contributed by atoms with Crippen molar-refractivity contribution in [3.63, 3.8) is 0 Å². The molecule has 238 valence electrons. The SMILES string of the molecule is CN(C)c1cc(NC(=O)COCc2ccccc2)c(O)c2c1CC1CC3[C@H](N(C)C)C(=O)C(C(N)=O)=C(O)[C@@]3(O)C(=O)C1=C2O. The number of ketones is 2. The van der Waals surface area contributed by atoms with Gasteiger partial charge in [-0.05, 0) is 50.0 Å². The third kappa shape index (κ3) is 5.12. The fourth-order valence-electron chi connectivity index (χ4n) is 6.81. The number of amides is 2. The maximum absolute atomic E-state index is 14.1. The van der Waals surface area contributed by atoms with E-state index in [-0.39, 0.29) is 42.9 Å². The smallest absolute Gasteiger partial charge is 0.255 e. The van der Waals surface area contributed by atoms with E-state index >= 15 is 0 Å². The second-order valence-corrected chi connectivity index (χ2v) is 12.0. The van der Waals surface area contributed by atoms with Gasteiger partial charge in [-0.3, -0.25) is 24.1 Å². The molecule has 1 saturated carbocycles. The number of phenolic OH excluding ortho intramolecular Hbond substituents is 1. The average Bonchev–Trinajstić information content (AvgIpc) is 2.96. The second kappa shape index (κ2) is 11.7. The van der Waals surface area contributed by atoms with Gasteiger partial charge in [-0.1, -0.05) is 30.3 Å². The predicted octanol–water partition coefficient (Wildman–Crippen LogP) is 1.19. The second-order valence-electron chi connectivity index (χ2n) is 12.0. The van der Waals surface area contributed by atoms with Crippen LogP contribution in [-0.2, 0) is 36.9 Å². The third-order valence-corrected chi connectivity index (χ3v) is 8.80. The zero-order chi connectivity index (χ0) is 33.0. The summed E-state index contributed by atoms with van der Waals surface area (Å²) >= 11 is 0. The highest BCUT2D eigenvalue weighted by molar-refractivity contribution is 6.24. The number of phenols is 1. The van der Waals surface area contributed by atoms with E-state index in [2.05, 4.69) is 5.32 Å². The number of nitrogens with two attached hydrogens (primary N) is 1. The van der Waals surface area contributed by atoms with Crippen LogP contribution in [0.3, 0.4) is 0 Å². The number of carbonyl (C=O) groups excluding carboxylic acids is 4. The number of anilines is 2. The maximum Gasteiger partial charge on any atom is 0.255 e. The molecule has 0 bridgehead atoms. The zero-order valence-corrected chi connectivity index (χ0v) is 25.3. The molecule has 2 aromatic carbocycles. The predicted molar refractivity (Wildman–Crippen MR) is 163 cm³/mol. The molecule has 13 heteroatoms. The fourth-order valence-corrected chi connectivity index (χ4v) is 6.81. The quantitative estimate of drug-likeness (QED) is 0.183. The summed E-state index contributed by atoms with van der Waals surface area (Å²) in [6.07, 6.45) is 0.0840. The average molecular weight is 621 g/mol. The van der Waals surface area contributed by atoms with E-state index in [4.69, 9.17) is 10.5 Å². The normalized spacial score (nSPS) is 24.3. The van der Waals surface area contributed by atoms with Crippen LogP contribution in [0.15, 0.2) is 53.3 Å². The summed E-state index contributed by atoms with van der Waals surface area (Å²) in [5.74, 6) is -8.04. The molecule has 5 rings (SSSR count). The monoisotopic (exact) mass is 620 g/mol. The first kappa shape index (κ1) is 31.7. The number of carbonyl (C=O) groups is 4. The number of rotatable bonds is 8. The Labute approximate surface area is 259 Å². The minimum atomic E-state index is -2.74. The number of primary amides is 1. The van der Waals surface area contributed by atoms with Crippen LogP contribution >= 0.6 is 0 Å². The highest BCUT2D eigenvalue weighted by Crippen LogP contribution is 2.54. The molecule has 0 aliphatic heterocycles. The van der Waals surface area contributed by atoms with Gasteiger partial charge >= 0.3 is 0 Å². The number of aromatic hydroxyl groups is 1. The van der Waals surface area contributed by atoms with Gasteiger partial charge in [0.1, 0.15) is 29.4 Å². The van der Waals surface area contributed by atoms with Crippen molar-refractivity contribution in [3.05, 3.63) is 70.0 Å². The van der Waals surface area contributed by atoms with Crippen LogP contribution < -0.4 is 16.0 Å². The van der Waals surface area contributed by atoms with Crippen LogP contribution in [0.5, 0.6) is 5.75 Å². The molecule has 7 N–H and O–H groups in total. The number of likely N-dealkylation sites (N-methyl/N-ethyl adjacent to an activating group) is 1. The summed E-state index contributed by atoms with van der Waals surface area (Å²) in [5, 5.41) is 48.4. The Kier molecular flexibility index (Phi) is 8.21. The van der Waals surface area contributed by atoms with Crippen molar-refractivity contribution < 1.29 is 44.3 Å². The minimum absolute atomic E-state index is 0.0311. The van der Waals surface area contributed by atoms with E-state index in [9.17, 15) is 39.6 Å². The fraction of sp³-hybridized carbons (Fsp3) is 0.375. The number of nitrogens with one attached hydrogen (secondary N) is 1. The lowest BCUT2D eigenvalue weighted by Crippen LogP contribution is -2.65. The molecule has 3 aliphatic rings. The summed E-state index contributed by atoms with van der Waals surface area (Å²) in [4.78, 5) is 55.5. The third-order valence-electron chi connectivity index (χ3n) is 8.80. The van der Waals surface area contributed by atoms with E-state index in [0.717, 1.165) is 5.56 Å². The van der Waals surface area contributed by atoms with Crippen molar-refractivity contribution in [2.75, 3.05) is 45.0 Å². The summed E-state index contributed by atoms with van der Waals surface area (Å²) in [5.41, 5.74) is 3.17. The molecule has 4 atom stereocenters. The van der Waals surface area contributed by atoms with Gasteiger partial charge in [0.25, 0.3) is 5.91 Å². The summed E-state index contributed by atoms with van der Waals surface area (Å²) < 4.78 is 5.50. The van der Waals surface area contributed by atoms with E-state index in [1.54, 1.807) is 25.1 Å². The number of hydrogen-bond donors (Lipinski definition) is 6. The van der Waals surface area contributed by atoms with Gasteiger partial charge < -0.3 is 41.1 Å². The minimum Gasteiger partial charge on any atom is -0.508 e. The standard InChI is InChI=1S/C32H36N4O9/c1-35(2)20-12-19(34-21(37)14-45-13-15-8-6-5-7-9-15)26(38)23-17(20)10-16-11-18-25(36(3)4)28(40)24(31(33)43)30(42)32(18,44)29(41)22(16)27(23)39/h5-9,12,16,18,25,38-39,42,44H,10-11,13-14H2,1-4H3,(H2,33,43)(H,34,37)/t16?,18?,25-,32-/m0/s1. The Morgan fingerprint density at radius 1 is 1.09 bits per heavy atom. The summed E-state index contributed by atoms with van der Waals surface area (Å²) in [7, 11) is 6.55. The van der Waals surface area contributed by atoms with Gasteiger partial charge in [-0.2, -0.15) is 0 Å². The lowest BCUT2D eigenvalue weighted by Gasteiger charge is -2.50. The van der Waals surface area contributed by atoms with Crippen LogP contribution in [0, 0.1) is 11.8 Å². The van der Waals surface area contributed by atoms with Crippen molar-refractivity contribution in [3.8, 4) is 5.75 Å². The van der Waals surface area contributed by atoms with Crippen LogP contribution in [0.4, 0.5) is 11.4 Å². The number of hydrogen-bond acceptors (Lipinski definition) is 11. The molecular weight excluding hydrogens is 584 g/mol. The molecule has 0 aromatic heterocycles. The number of Topliss-reactive ketones (excluding diaryl/α,β-unsaturated/α-hetero) is 2. The Morgan fingerprint density at radius 3 is 2.36 bits per heavy atom. The first-order chi connectivity index (χ1) is 21.2. The van der Waals surface area contributed by atoms with Crippen LogP contribution in [-0.4, -0.2) is 95.1 Å². The summed E-state index contributed by atoms with van der Waals surface area (Å²) in [6.45, 7) is -0.142. The van der Waals surface area contributed by atoms with Crippen molar-refractivity contribution in [1.29, 1.82) is 0 Å². The zero-order valence-electron chi connectivity index (χ0n) is 25.3. The molecule has 0 saturated heterocycles. The van der Waals surface area contributed by atoms with Crippen molar-refractivity contribution in [2.24, 2.45) is 17.6 Å². The molecule has 1 fully saturated rings. The van der Waals surface area contributed by atoms with Crippen molar-refractivity contribution in [2.45, 2.75) is 31.1 Å². The van der Waals surface area contributed by atoms with Crippen LogP contribution in [0.2, 0.25) is 0 Å². The Bertz CT molecular complexity index is 1660. The van der Waals surface area contributed by atoms with E-state index < -0.39 is 69.7 Å². The molecule has 45 heavy (non-hydrogen) atoms. The molecule has 0 heterocycles. The first-order valence-corrected chi connectivity index (χ1v) is 14.3. The van der Waals surface area contributed by atoms with Gasteiger partial charge in [0.2, 0.25) is 11.7 Å². The first-order valence-electron chi connectivity index (χ1n) is 14.3. The van der Waals surface area contributed by atoms with Gasteiger partial charge in [0, 0.05) is 31.3 Å². The number of ether oxygens (including phenoxy) is 1. The molecule has 0 radical (unpaired) electrons. The molecule has 2 amide bonds. The van der Waals surface area contributed by atoms with E-state index in [0.29, 0.717) is 11.3 Å². The largest absolute Gasteiger partial charge is 0.508 e. The highest BCUT2D eigenvalue weighted by Gasteiger charge is 2.64. The maximum atomic E-state index is 14.1. The Hall–Kier alpha value is -4.72. The summed E-state index contributed by atoms with van der Waals surface area (Å²) in [6, 6.07) is 9.61. The number of benzene rings is 2. The number of fused-ring (bicyclic) bond motifs is 3.